The van der Waals surface area contributed by atoms with Gasteiger partial charge in [-0.15, -0.1) is 0 Å². The second kappa shape index (κ2) is 6.00. The number of rotatable bonds is 2. The number of hydrogen-bond acceptors (Lipinski definition) is 0. The van der Waals surface area contributed by atoms with Gasteiger partial charge in [-0.25, -0.2) is 0 Å². The first-order valence-corrected chi connectivity index (χ1v) is 9.21. The summed E-state index contributed by atoms with van der Waals surface area (Å²) in [5, 5.41) is 7.98. The Bertz CT molecular complexity index is 1240. The fourth-order valence-electron chi connectivity index (χ4n) is 4.24. The molecule has 124 valence electrons. The molecule has 1 atom stereocenters. The van der Waals surface area contributed by atoms with Gasteiger partial charge in [0, 0.05) is 5.92 Å². The molecule has 0 saturated heterocycles. The van der Waals surface area contributed by atoms with Gasteiger partial charge in [-0.1, -0.05) is 104 Å². The molecular weight excluding hydrogens is 312 g/mol. The van der Waals surface area contributed by atoms with Crippen molar-refractivity contribution in [3.63, 3.8) is 0 Å². The summed E-state index contributed by atoms with van der Waals surface area (Å²) >= 11 is 0. The van der Waals surface area contributed by atoms with Crippen LogP contribution in [0.1, 0.15) is 24.0 Å². The summed E-state index contributed by atoms with van der Waals surface area (Å²) in [4.78, 5) is 0. The molecule has 0 radical (unpaired) electrons. The smallest absolute Gasteiger partial charge is 0.00733 e. The summed E-state index contributed by atoms with van der Waals surface area (Å²) in [5.74, 6) is 0.339. The fraction of sp³-hybridized carbons (Fsp3) is 0.0769. The molecule has 0 amide bonds. The molecule has 0 spiro atoms. The van der Waals surface area contributed by atoms with Gasteiger partial charge >= 0.3 is 0 Å². The molecule has 0 aromatic heterocycles. The van der Waals surface area contributed by atoms with Gasteiger partial charge in [-0.2, -0.15) is 0 Å². The molecular formula is C26H20. The average molecular weight is 332 g/mol. The van der Waals surface area contributed by atoms with Gasteiger partial charge in [0.25, 0.3) is 0 Å². The minimum atomic E-state index is 0.339. The first kappa shape index (κ1) is 15.2. The predicted molar refractivity (Wildman–Crippen MR) is 113 cm³/mol. The van der Waals surface area contributed by atoms with Crippen molar-refractivity contribution in [2.75, 3.05) is 0 Å². The number of benzene rings is 5. The lowest BCUT2D eigenvalue weighted by molar-refractivity contribution is 0.944. The highest BCUT2D eigenvalue weighted by Crippen LogP contribution is 2.36. The van der Waals surface area contributed by atoms with Gasteiger partial charge in [-0.05, 0) is 43.4 Å². The van der Waals surface area contributed by atoms with E-state index in [2.05, 4.69) is 104 Å². The lowest BCUT2D eigenvalue weighted by Crippen LogP contribution is -1.98. The van der Waals surface area contributed by atoms with Gasteiger partial charge in [-0.3, -0.25) is 0 Å². The van der Waals surface area contributed by atoms with E-state index >= 15 is 0 Å². The van der Waals surface area contributed by atoms with Crippen LogP contribution in [0, 0.1) is 0 Å². The van der Waals surface area contributed by atoms with Crippen LogP contribution in [0.15, 0.2) is 97.1 Å². The van der Waals surface area contributed by atoms with Crippen LogP contribution in [0.25, 0.3) is 32.3 Å². The van der Waals surface area contributed by atoms with Crippen molar-refractivity contribution in [2.24, 2.45) is 0 Å². The second-order valence-electron chi connectivity index (χ2n) is 7.02. The molecule has 5 rings (SSSR count). The first-order valence-electron chi connectivity index (χ1n) is 9.21. The highest BCUT2D eigenvalue weighted by molar-refractivity contribution is 6.08. The topological polar surface area (TPSA) is 0 Å². The molecule has 1 unspecified atom stereocenters. The standard InChI is InChI=1S/C26H20/c1-18(21-13-6-10-19-8-2-4-11-23(19)21)22-14-7-15-25-24-12-5-3-9-20(24)16-17-26(22)25/h2-18H,1H3. The monoisotopic (exact) mass is 332 g/mol. The SMILES string of the molecule is CC(c1cccc2ccccc12)c1cccc2c1ccc1ccccc12. The van der Waals surface area contributed by atoms with E-state index in [1.807, 2.05) is 0 Å². The van der Waals surface area contributed by atoms with Crippen molar-refractivity contribution in [2.45, 2.75) is 12.8 Å². The third-order valence-corrected chi connectivity index (χ3v) is 5.58. The van der Waals surface area contributed by atoms with Crippen LogP contribution >= 0.6 is 0 Å². The summed E-state index contributed by atoms with van der Waals surface area (Å²) in [7, 11) is 0. The minimum absolute atomic E-state index is 0.339. The third-order valence-electron chi connectivity index (χ3n) is 5.58. The van der Waals surface area contributed by atoms with Gasteiger partial charge in [0.05, 0.1) is 0 Å². The predicted octanol–water partition coefficient (Wildman–Crippen LogP) is 7.30. The summed E-state index contributed by atoms with van der Waals surface area (Å²) in [5.41, 5.74) is 2.79. The number of hydrogen-bond donors (Lipinski definition) is 0. The zero-order chi connectivity index (χ0) is 17.5. The van der Waals surface area contributed by atoms with Crippen molar-refractivity contribution in [1.29, 1.82) is 0 Å². The lowest BCUT2D eigenvalue weighted by atomic mass is 9.86. The largest absolute Gasteiger partial charge is 0.0616 e. The Labute approximate surface area is 153 Å². The Morgan fingerprint density at radius 3 is 1.77 bits per heavy atom. The lowest BCUT2D eigenvalue weighted by Gasteiger charge is -2.18. The summed E-state index contributed by atoms with van der Waals surface area (Å²) in [6, 6.07) is 35.2. The van der Waals surface area contributed by atoms with Crippen LogP contribution in [0.5, 0.6) is 0 Å². The van der Waals surface area contributed by atoms with Crippen molar-refractivity contribution in [1.82, 2.24) is 0 Å². The highest BCUT2D eigenvalue weighted by Gasteiger charge is 2.15. The Morgan fingerprint density at radius 1 is 0.423 bits per heavy atom. The first-order chi connectivity index (χ1) is 12.8. The summed E-state index contributed by atoms with van der Waals surface area (Å²) in [6.45, 7) is 2.33. The van der Waals surface area contributed by atoms with Crippen LogP contribution in [0.4, 0.5) is 0 Å². The van der Waals surface area contributed by atoms with Gasteiger partial charge in [0.15, 0.2) is 0 Å². The quantitative estimate of drug-likeness (QED) is 0.298. The summed E-state index contributed by atoms with van der Waals surface area (Å²) < 4.78 is 0. The van der Waals surface area contributed by atoms with Crippen LogP contribution < -0.4 is 0 Å². The second-order valence-corrected chi connectivity index (χ2v) is 7.02. The van der Waals surface area contributed by atoms with Crippen LogP contribution in [-0.2, 0) is 0 Å². The average Bonchev–Trinajstić information content (AvgIpc) is 2.72. The Hall–Kier alpha value is -3.12. The molecule has 0 aliphatic carbocycles. The zero-order valence-corrected chi connectivity index (χ0v) is 14.8. The Kier molecular flexibility index (Phi) is 3.50. The van der Waals surface area contributed by atoms with Gasteiger partial charge in [0.1, 0.15) is 0 Å². The van der Waals surface area contributed by atoms with Crippen LogP contribution in [-0.4, -0.2) is 0 Å². The molecule has 0 heterocycles. The maximum absolute atomic E-state index is 2.33. The van der Waals surface area contributed by atoms with E-state index in [4.69, 9.17) is 0 Å². The van der Waals surface area contributed by atoms with Crippen LogP contribution in [0.2, 0.25) is 0 Å². The van der Waals surface area contributed by atoms with Crippen molar-refractivity contribution in [3.05, 3.63) is 108 Å². The van der Waals surface area contributed by atoms with E-state index in [1.54, 1.807) is 0 Å². The molecule has 5 aromatic rings. The molecule has 5 aromatic carbocycles. The maximum atomic E-state index is 2.33. The van der Waals surface area contributed by atoms with Crippen molar-refractivity contribution >= 4 is 32.3 Å². The van der Waals surface area contributed by atoms with E-state index in [0.717, 1.165) is 0 Å². The van der Waals surface area contributed by atoms with E-state index in [0.29, 0.717) is 5.92 Å². The molecule has 0 nitrogen and oxygen atoms in total. The van der Waals surface area contributed by atoms with E-state index in [9.17, 15) is 0 Å². The Morgan fingerprint density at radius 2 is 0.962 bits per heavy atom. The maximum Gasteiger partial charge on any atom is 0.00733 e. The van der Waals surface area contributed by atoms with E-state index < -0.39 is 0 Å². The van der Waals surface area contributed by atoms with E-state index in [1.165, 1.54) is 43.4 Å². The van der Waals surface area contributed by atoms with Crippen molar-refractivity contribution in [3.8, 4) is 0 Å². The van der Waals surface area contributed by atoms with Gasteiger partial charge < -0.3 is 0 Å². The van der Waals surface area contributed by atoms with E-state index in [-0.39, 0.29) is 0 Å². The molecule has 0 fully saturated rings. The molecule has 0 heteroatoms. The third kappa shape index (κ3) is 2.30. The fourth-order valence-corrected chi connectivity index (χ4v) is 4.24. The molecule has 0 N–H and O–H groups in total. The molecule has 0 aliphatic rings. The highest BCUT2D eigenvalue weighted by atomic mass is 14.2. The van der Waals surface area contributed by atoms with Crippen molar-refractivity contribution < 1.29 is 0 Å². The molecule has 0 saturated carbocycles. The minimum Gasteiger partial charge on any atom is -0.0616 e. The summed E-state index contributed by atoms with van der Waals surface area (Å²) in [6.07, 6.45) is 0. The molecule has 0 bridgehead atoms. The zero-order valence-electron chi connectivity index (χ0n) is 14.8. The molecule has 26 heavy (non-hydrogen) atoms. The van der Waals surface area contributed by atoms with Crippen LogP contribution in [0.3, 0.4) is 0 Å². The molecule has 0 aliphatic heterocycles. The Balaban J connectivity index is 1.77. The van der Waals surface area contributed by atoms with Gasteiger partial charge in [0.2, 0.25) is 0 Å². The number of fused-ring (bicyclic) bond motifs is 4. The normalized spacial score (nSPS) is 12.7.